The molecular formula is C35H35F3NS+. The summed E-state index contributed by atoms with van der Waals surface area (Å²) in [5.41, 5.74) is 4.14. The quantitative estimate of drug-likeness (QED) is 0.154. The number of halogens is 3. The van der Waals surface area contributed by atoms with E-state index in [4.69, 9.17) is 0 Å². The van der Waals surface area contributed by atoms with Crippen molar-refractivity contribution < 1.29 is 17.7 Å². The van der Waals surface area contributed by atoms with E-state index < -0.39 is 11.6 Å². The van der Waals surface area contributed by atoms with Crippen LogP contribution in [0.15, 0.2) is 70.6 Å². The largest absolute Gasteiger partial charge is 0.394 e. The number of hydrogen-bond acceptors (Lipinski definition) is 1. The van der Waals surface area contributed by atoms with Crippen LogP contribution in [0.2, 0.25) is 0 Å². The van der Waals surface area contributed by atoms with Crippen molar-refractivity contribution in [3.8, 4) is 11.3 Å². The highest BCUT2D eigenvalue weighted by molar-refractivity contribution is 8.00. The van der Waals surface area contributed by atoms with Gasteiger partial charge in [0, 0.05) is 21.2 Å². The Morgan fingerprint density at radius 3 is 2.17 bits per heavy atom. The van der Waals surface area contributed by atoms with Gasteiger partial charge in [-0.3, -0.25) is 0 Å². The molecule has 0 aliphatic carbocycles. The summed E-state index contributed by atoms with van der Waals surface area (Å²) in [5.74, 6) is 0. The molecular weight excluding hydrogens is 523 g/mol. The molecule has 0 unspecified atom stereocenters. The summed E-state index contributed by atoms with van der Waals surface area (Å²) < 4.78 is 43.3. The molecule has 5 heteroatoms. The highest BCUT2D eigenvalue weighted by Crippen LogP contribution is 2.53. The van der Waals surface area contributed by atoms with Gasteiger partial charge < -0.3 is 0 Å². The van der Waals surface area contributed by atoms with Crippen LogP contribution in [0, 0.1) is 17.8 Å². The molecule has 0 spiro atoms. The first-order valence-electron chi connectivity index (χ1n) is 13.8. The molecule has 0 N–H and O–H groups in total. The smallest absolute Gasteiger partial charge is 0.200 e. The summed E-state index contributed by atoms with van der Waals surface area (Å²) >= 11 is 1.85. The number of hydrogen-bond donors (Lipinski definition) is 0. The Kier molecular flexibility index (Phi) is 6.09. The van der Waals surface area contributed by atoms with Crippen molar-refractivity contribution in [3.05, 3.63) is 77.5 Å². The van der Waals surface area contributed by atoms with E-state index in [2.05, 4.69) is 81.9 Å². The lowest BCUT2D eigenvalue weighted by Crippen LogP contribution is -2.34. The monoisotopic (exact) mass is 558 g/mol. The van der Waals surface area contributed by atoms with E-state index in [9.17, 15) is 13.2 Å². The average Bonchev–Trinajstić information content (AvgIpc) is 2.86. The maximum absolute atomic E-state index is 13.7. The van der Waals surface area contributed by atoms with E-state index in [0.29, 0.717) is 5.56 Å². The standard InChI is InChI=1S/C35H35F3NS/c1-20-23-10-8-9-11-24(23)27(19-33(2,3)4)32-29(20)31-30-25(14-15-39(31)7)26-16-21(18-34(5,6)35(36,37)38)12-13-22(26)17-28(30)40-32/h8-17H,18-19H2,1-7H3/q+1. The van der Waals surface area contributed by atoms with Crippen LogP contribution in [0.5, 0.6) is 0 Å². The van der Waals surface area contributed by atoms with Crippen LogP contribution >= 0.6 is 11.8 Å². The second kappa shape index (κ2) is 8.97. The summed E-state index contributed by atoms with van der Waals surface area (Å²) in [5, 5.41) is 6.93. The molecule has 1 aromatic heterocycles. The van der Waals surface area contributed by atoms with E-state index in [1.54, 1.807) is 0 Å². The Morgan fingerprint density at radius 1 is 0.800 bits per heavy atom. The van der Waals surface area contributed by atoms with E-state index >= 15 is 0 Å². The highest BCUT2D eigenvalue weighted by atomic mass is 32.2. The van der Waals surface area contributed by atoms with Crippen molar-refractivity contribution in [3.63, 3.8) is 0 Å². The predicted octanol–water partition coefficient (Wildman–Crippen LogP) is 10.1. The maximum atomic E-state index is 13.7. The number of aryl methyl sites for hydroxylation is 2. The van der Waals surface area contributed by atoms with Crippen molar-refractivity contribution >= 4 is 44.1 Å². The second-order valence-corrected chi connectivity index (χ2v) is 14.3. The minimum absolute atomic E-state index is 0.0536. The molecule has 1 aliphatic heterocycles. The van der Waals surface area contributed by atoms with Gasteiger partial charge >= 0.3 is 6.18 Å². The molecule has 1 nitrogen and oxygen atoms in total. The summed E-state index contributed by atoms with van der Waals surface area (Å²) in [6, 6.07) is 18.9. The number of aromatic nitrogens is 1. The third-order valence-corrected chi connectivity index (χ3v) is 9.56. The molecule has 0 bridgehead atoms. The Bertz CT molecular complexity index is 1840. The molecule has 0 radical (unpaired) electrons. The molecule has 40 heavy (non-hydrogen) atoms. The summed E-state index contributed by atoms with van der Waals surface area (Å²) in [7, 11) is 2.10. The molecule has 0 saturated heterocycles. The number of nitrogens with zero attached hydrogens (tertiary/aromatic N) is 1. The van der Waals surface area contributed by atoms with Crippen molar-refractivity contribution in [2.45, 2.75) is 70.4 Å². The minimum atomic E-state index is -4.26. The first kappa shape index (κ1) is 27.1. The molecule has 0 atom stereocenters. The first-order valence-corrected chi connectivity index (χ1v) is 14.6. The van der Waals surface area contributed by atoms with E-state index in [1.807, 2.05) is 30.0 Å². The van der Waals surface area contributed by atoms with Crippen LogP contribution in [0.4, 0.5) is 13.2 Å². The van der Waals surface area contributed by atoms with Crippen LogP contribution in [-0.2, 0) is 19.9 Å². The predicted molar refractivity (Wildman–Crippen MR) is 161 cm³/mol. The number of fused-ring (bicyclic) bond motifs is 5. The van der Waals surface area contributed by atoms with Gasteiger partial charge in [-0.1, -0.05) is 88.8 Å². The van der Waals surface area contributed by atoms with Crippen LogP contribution in [-0.4, -0.2) is 6.18 Å². The molecule has 4 aromatic carbocycles. The fraction of sp³-hybridized carbons (Fsp3) is 0.343. The zero-order chi connectivity index (χ0) is 28.8. The SMILES string of the molecule is Cc1c2c(c(CC(C)(C)C)c3ccccc13)Sc1cc3ccc(CC(C)(C)C(F)(F)F)cc3c3cc[n+](C)c-2c13. The van der Waals surface area contributed by atoms with Crippen molar-refractivity contribution in [2.24, 2.45) is 17.9 Å². The molecule has 6 rings (SSSR count). The minimum Gasteiger partial charge on any atom is -0.200 e. The second-order valence-electron chi connectivity index (χ2n) is 13.2. The van der Waals surface area contributed by atoms with E-state index in [0.717, 1.165) is 22.6 Å². The normalized spacial score (nSPS) is 13.8. The van der Waals surface area contributed by atoms with Gasteiger partial charge in [-0.2, -0.15) is 13.2 Å². The fourth-order valence-electron chi connectivity index (χ4n) is 6.27. The van der Waals surface area contributed by atoms with Crippen LogP contribution in [0.1, 0.15) is 51.3 Å². The number of benzene rings is 4. The first-order chi connectivity index (χ1) is 18.7. The fourth-order valence-corrected chi connectivity index (χ4v) is 7.64. The molecule has 1 aliphatic rings. The van der Waals surface area contributed by atoms with Crippen LogP contribution < -0.4 is 4.57 Å². The van der Waals surface area contributed by atoms with Crippen molar-refractivity contribution in [1.82, 2.24) is 0 Å². The van der Waals surface area contributed by atoms with Crippen LogP contribution in [0.25, 0.3) is 43.6 Å². The lowest BCUT2D eigenvalue weighted by atomic mass is 9.82. The van der Waals surface area contributed by atoms with Gasteiger partial charge in [0.15, 0.2) is 6.20 Å². The van der Waals surface area contributed by atoms with Gasteiger partial charge in [0.1, 0.15) is 7.05 Å². The Hall–Kier alpha value is -3.05. The van der Waals surface area contributed by atoms with Gasteiger partial charge in [-0.25, -0.2) is 4.57 Å². The number of pyridine rings is 1. The molecule has 206 valence electrons. The third kappa shape index (κ3) is 4.29. The molecule has 5 aromatic rings. The summed E-state index contributed by atoms with van der Waals surface area (Å²) in [6.07, 6.45) is -1.25. The highest BCUT2D eigenvalue weighted by Gasteiger charge is 2.47. The zero-order valence-corrected chi connectivity index (χ0v) is 25.0. The van der Waals surface area contributed by atoms with Gasteiger partial charge in [0.25, 0.3) is 0 Å². The Morgan fingerprint density at radius 2 is 1.50 bits per heavy atom. The van der Waals surface area contributed by atoms with Crippen LogP contribution in [0.3, 0.4) is 0 Å². The molecule has 2 heterocycles. The van der Waals surface area contributed by atoms with Gasteiger partial charge in [0.05, 0.1) is 16.4 Å². The third-order valence-electron chi connectivity index (χ3n) is 8.37. The topological polar surface area (TPSA) is 3.88 Å². The average molecular weight is 559 g/mol. The lowest BCUT2D eigenvalue weighted by Gasteiger charge is -2.28. The molecule has 0 fully saturated rings. The number of rotatable bonds is 3. The zero-order valence-electron chi connectivity index (χ0n) is 24.2. The van der Waals surface area contributed by atoms with Gasteiger partial charge in [0.2, 0.25) is 5.69 Å². The maximum Gasteiger partial charge on any atom is 0.394 e. The number of alkyl halides is 3. The van der Waals surface area contributed by atoms with Gasteiger partial charge in [-0.05, 0) is 69.5 Å². The van der Waals surface area contributed by atoms with Crippen molar-refractivity contribution in [2.75, 3.05) is 0 Å². The lowest BCUT2D eigenvalue weighted by molar-refractivity contribution is -0.659. The molecule has 0 amide bonds. The Labute approximate surface area is 238 Å². The van der Waals surface area contributed by atoms with E-state index in [1.165, 1.54) is 62.2 Å². The summed E-state index contributed by atoms with van der Waals surface area (Å²) in [4.78, 5) is 2.53. The summed E-state index contributed by atoms with van der Waals surface area (Å²) in [6.45, 7) is 11.7. The molecule has 0 saturated carbocycles. The van der Waals surface area contributed by atoms with Gasteiger partial charge in [-0.15, -0.1) is 0 Å². The Balaban J connectivity index is 1.66. The van der Waals surface area contributed by atoms with Crippen molar-refractivity contribution in [1.29, 1.82) is 0 Å². The van der Waals surface area contributed by atoms with E-state index in [-0.39, 0.29) is 11.8 Å².